The Morgan fingerprint density at radius 2 is 2.20 bits per heavy atom. The van der Waals surface area contributed by atoms with E-state index in [2.05, 4.69) is 13.2 Å². The third-order valence-electron chi connectivity index (χ3n) is 1.88. The van der Waals surface area contributed by atoms with E-state index in [0.717, 1.165) is 0 Å². The van der Waals surface area contributed by atoms with Crippen molar-refractivity contribution in [2.75, 3.05) is 12.5 Å². The van der Waals surface area contributed by atoms with Crippen LogP contribution in [0.5, 0.6) is 0 Å². The van der Waals surface area contributed by atoms with E-state index in [-0.39, 0.29) is 12.5 Å². The molecule has 3 nitrogen and oxygen atoms in total. The molecule has 0 saturated carbocycles. The summed E-state index contributed by atoms with van der Waals surface area (Å²) in [5.41, 5.74) is 2.27. The van der Waals surface area contributed by atoms with Gasteiger partial charge in [-0.1, -0.05) is 37.6 Å². The number of allylic oxidation sites excluding steroid dienone is 2. The minimum atomic E-state index is -2.03. The van der Waals surface area contributed by atoms with Crippen molar-refractivity contribution in [2.45, 2.75) is 13.5 Å². The fourth-order valence-corrected chi connectivity index (χ4v) is 2.15. The highest BCUT2D eigenvalue weighted by Crippen LogP contribution is 2.06. The summed E-state index contributed by atoms with van der Waals surface area (Å²) in [7, 11) is -2.03. The number of carbonyl (C=O) groups is 1. The maximum Gasteiger partial charge on any atom is 0.332 e. The van der Waals surface area contributed by atoms with Crippen molar-refractivity contribution in [3.63, 3.8) is 0 Å². The third-order valence-corrected chi connectivity index (χ3v) is 4.40. The SMILES string of the molecule is C=C/C=C/[Si](C)(CO)COC(=O)C(=C)C. The molecule has 0 aliphatic heterocycles. The number of rotatable bonds is 6. The first-order valence-electron chi connectivity index (χ1n) is 4.69. The van der Waals surface area contributed by atoms with E-state index in [0.29, 0.717) is 5.57 Å². The highest BCUT2D eigenvalue weighted by atomic mass is 28.3. The van der Waals surface area contributed by atoms with Gasteiger partial charge >= 0.3 is 5.97 Å². The Balaban J connectivity index is 4.32. The number of carbonyl (C=O) groups excluding carboxylic acids is 1. The molecule has 0 aromatic rings. The summed E-state index contributed by atoms with van der Waals surface area (Å²) in [5, 5.41) is 9.23. The lowest BCUT2D eigenvalue weighted by molar-refractivity contribution is -0.137. The van der Waals surface area contributed by atoms with Crippen LogP contribution in [0.3, 0.4) is 0 Å². The normalized spacial score (nSPS) is 14.6. The van der Waals surface area contributed by atoms with Crippen LogP contribution in [-0.4, -0.2) is 31.6 Å². The summed E-state index contributed by atoms with van der Waals surface area (Å²) in [6.07, 6.45) is 3.72. The first kappa shape index (κ1) is 13.9. The van der Waals surface area contributed by atoms with Gasteiger partial charge < -0.3 is 9.84 Å². The topological polar surface area (TPSA) is 46.5 Å². The van der Waals surface area contributed by atoms with Gasteiger partial charge in [0.25, 0.3) is 0 Å². The van der Waals surface area contributed by atoms with Gasteiger partial charge in [-0.15, -0.1) is 0 Å². The van der Waals surface area contributed by atoms with Gasteiger partial charge in [0.05, 0.1) is 6.23 Å². The molecule has 1 atom stereocenters. The largest absolute Gasteiger partial charge is 0.466 e. The molecule has 15 heavy (non-hydrogen) atoms. The van der Waals surface area contributed by atoms with Gasteiger partial charge in [0.1, 0.15) is 8.07 Å². The van der Waals surface area contributed by atoms with Crippen molar-refractivity contribution in [2.24, 2.45) is 0 Å². The average Bonchev–Trinajstić information content (AvgIpc) is 2.22. The highest BCUT2D eigenvalue weighted by molar-refractivity contribution is 6.83. The molecule has 0 bridgehead atoms. The molecule has 0 aliphatic carbocycles. The molecule has 0 saturated heterocycles. The van der Waals surface area contributed by atoms with Crippen molar-refractivity contribution in [1.82, 2.24) is 0 Å². The van der Waals surface area contributed by atoms with Gasteiger partial charge in [-0.05, 0) is 6.92 Å². The second kappa shape index (κ2) is 6.37. The molecule has 1 N–H and O–H groups in total. The van der Waals surface area contributed by atoms with E-state index in [4.69, 9.17) is 4.74 Å². The number of hydrogen-bond acceptors (Lipinski definition) is 3. The molecule has 84 valence electrons. The van der Waals surface area contributed by atoms with E-state index in [1.54, 1.807) is 19.1 Å². The molecule has 1 unspecified atom stereocenters. The molecule has 0 spiro atoms. The summed E-state index contributed by atoms with van der Waals surface area (Å²) < 4.78 is 5.03. The van der Waals surface area contributed by atoms with Gasteiger partial charge in [-0.3, -0.25) is 0 Å². The fraction of sp³-hybridized carbons (Fsp3) is 0.364. The molecule has 0 rings (SSSR count). The van der Waals surface area contributed by atoms with Crippen LogP contribution < -0.4 is 0 Å². The van der Waals surface area contributed by atoms with Gasteiger partial charge in [-0.25, -0.2) is 4.79 Å². The first-order valence-corrected chi connectivity index (χ1v) is 7.68. The third kappa shape index (κ3) is 5.34. The smallest absolute Gasteiger partial charge is 0.332 e. The Morgan fingerprint density at radius 1 is 1.60 bits per heavy atom. The Morgan fingerprint density at radius 3 is 2.60 bits per heavy atom. The molecule has 0 aromatic heterocycles. The number of aliphatic hydroxyl groups is 1. The van der Waals surface area contributed by atoms with Gasteiger partial charge in [-0.2, -0.15) is 0 Å². The predicted molar refractivity (Wildman–Crippen MR) is 63.8 cm³/mol. The maximum absolute atomic E-state index is 11.2. The Labute approximate surface area is 91.8 Å². The Hall–Kier alpha value is -1.13. The van der Waals surface area contributed by atoms with Crippen LogP contribution in [0, 0.1) is 0 Å². The van der Waals surface area contributed by atoms with Gasteiger partial charge in [0, 0.05) is 11.8 Å². The highest BCUT2D eigenvalue weighted by Gasteiger charge is 2.25. The zero-order valence-electron chi connectivity index (χ0n) is 9.32. The second-order valence-corrected chi connectivity index (χ2v) is 8.01. The van der Waals surface area contributed by atoms with Crippen molar-refractivity contribution >= 4 is 14.0 Å². The standard InChI is InChI=1S/C11H18O3Si/c1-5-6-7-15(4,8-12)9-14-11(13)10(2)3/h5-7,12H,1-2,8-9H2,3-4H3/b7-6+. The number of ether oxygens (including phenoxy) is 1. The minimum absolute atomic E-state index is 0.0425. The summed E-state index contributed by atoms with van der Waals surface area (Å²) in [4.78, 5) is 11.2. The van der Waals surface area contributed by atoms with Crippen LogP contribution in [0.15, 0.2) is 36.6 Å². The van der Waals surface area contributed by atoms with Gasteiger partial charge in [0.2, 0.25) is 0 Å². The van der Waals surface area contributed by atoms with E-state index >= 15 is 0 Å². The minimum Gasteiger partial charge on any atom is -0.466 e. The quantitative estimate of drug-likeness (QED) is 0.323. The molecule has 0 heterocycles. The van der Waals surface area contributed by atoms with Crippen LogP contribution in [0.1, 0.15) is 6.92 Å². The molecule has 0 aliphatic rings. The fourth-order valence-electron chi connectivity index (χ4n) is 0.800. The summed E-state index contributed by atoms with van der Waals surface area (Å²) in [6.45, 7) is 10.6. The van der Waals surface area contributed by atoms with Crippen molar-refractivity contribution < 1.29 is 14.6 Å². The lowest BCUT2D eigenvalue weighted by atomic mass is 10.4. The molecule has 0 fully saturated rings. The summed E-state index contributed by atoms with van der Waals surface area (Å²) in [5.74, 6) is -0.408. The summed E-state index contributed by atoms with van der Waals surface area (Å²) in [6, 6.07) is 0. The van der Waals surface area contributed by atoms with Crippen LogP contribution in [0.4, 0.5) is 0 Å². The first-order chi connectivity index (χ1) is 6.95. The molecule has 0 aromatic carbocycles. The Bertz CT molecular complexity index is 284. The van der Waals surface area contributed by atoms with E-state index < -0.39 is 14.0 Å². The number of esters is 1. The zero-order chi connectivity index (χ0) is 11.9. The molecular formula is C11H18O3Si. The Kier molecular flexibility index (Phi) is 5.89. The van der Waals surface area contributed by atoms with Crippen molar-refractivity contribution in [1.29, 1.82) is 0 Å². The average molecular weight is 226 g/mol. The van der Waals surface area contributed by atoms with E-state index in [9.17, 15) is 9.90 Å². The number of aliphatic hydroxyl groups excluding tert-OH is 1. The lowest BCUT2D eigenvalue weighted by Gasteiger charge is -2.20. The van der Waals surface area contributed by atoms with Crippen LogP contribution in [0.2, 0.25) is 6.55 Å². The maximum atomic E-state index is 11.2. The molecule has 0 radical (unpaired) electrons. The van der Waals surface area contributed by atoms with Crippen LogP contribution in [-0.2, 0) is 9.53 Å². The van der Waals surface area contributed by atoms with Crippen molar-refractivity contribution in [3.05, 3.63) is 36.6 Å². The molecular weight excluding hydrogens is 208 g/mol. The van der Waals surface area contributed by atoms with Gasteiger partial charge in [0.15, 0.2) is 0 Å². The zero-order valence-corrected chi connectivity index (χ0v) is 10.3. The van der Waals surface area contributed by atoms with Crippen molar-refractivity contribution in [3.8, 4) is 0 Å². The van der Waals surface area contributed by atoms with Crippen LogP contribution in [0.25, 0.3) is 0 Å². The molecule has 0 amide bonds. The van der Waals surface area contributed by atoms with E-state index in [1.807, 2.05) is 12.2 Å². The molecule has 4 heteroatoms. The van der Waals surface area contributed by atoms with Crippen LogP contribution >= 0.6 is 0 Å². The second-order valence-electron chi connectivity index (χ2n) is 3.76. The summed E-state index contributed by atoms with van der Waals surface area (Å²) >= 11 is 0. The predicted octanol–water partition coefficient (Wildman–Crippen LogP) is 1.54. The lowest BCUT2D eigenvalue weighted by Crippen LogP contribution is -2.40. The number of hydrogen-bond donors (Lipinski definition) is 1. The monoisotopic (exact) mass is 226 g/mol. The van der Waals surface area contributed by atoms with E-state index in [1.165, 1.54) is 0 Å².